The first-order valence-corrected chi connectivity index (χ1v) is 7.44. The summed E-state index contributed by atoms with van der Waals surface area (Å²) in [5, 5.41) is 9.79. The van der Waals surface area contributed by atoms with Crippen LogP contribution in [-0.2, 0) is 7.05 Å². The molecule has 2 aromatic rings. The predicted molar refractivity (Wildman–Crippen MR) is 80.0 cm³/mol. The predicted octanol–water partition coefficient (Wildman–Crippen LogP) is 2.43. The number of hydrogen-bond donors (Lipinski definition) is 1. The summed E-state index contributed by atoms with van der Waals surface area (Å²) in [6, 6.07) is 2.19. The molecule has 0 unspecified atom stereocenters. The van der Waals surface area contributed by atoms with Crippen LogP contribution in [0, 0.1) is 6.92 Å². The molecule has 20 heavy (non-hydrogen) atoms. The first-order valence-electron chi connectivity index (χ1n) is 6.56. The van der Waals surface area contributed by atoms with Crippen LogP contribution in [0.15, 0.2) is 22.6 Å². The molecular formula is C14H16N4OS. The zero-order chi connectivity index (χ0) is 14.1. The average Bonchev–Trinajstić information content (AvgIpc) is 3.01. The van der Waals surface area contributed by atoms with Crippen molar-refractivity contribution in [1.29, 1.82) is 0 Å². The molecule has 0 atom stereocenters. The van der Waals surface area contributed by atoms with Crippen LogP contribution in [0.25, 0.3) is 0 Å². The zero-order valence-electron chi connectivity index (χ0n) is 11.5. The summed E-state index contributed by atoms with van der Waals surface area (Å²) >= 11 is 1.47. The van der Waals surface area contributed by atoms with Crippen molar-refractivity contribution in [2.75, 3.05) is 0 Å². The number of aliphatic imine (C=N–C) groups is 1. The number of amides is 1. The van der Waals surface area contributed by atoms with Crippen molar-refractivity contribution in [2.45, 2.75) is 25.8 Å². The lowest BCUT2D eigenvalue weighted by molar-refractivity contribution is 0.0952. The fourth-order valence-corrected chi connectivity index (χ4v) is 2.57. The van der Waals surface area contributed by atoms with E-state index < -0.39 is 0 Å². The minimum atomic E-state index is -0.0243. The van der Waals surface area contributed by atoms with Crippen LogP contribution < -0.4 is 5.32 Å². The highest BCUT2D eigenvalue weighted by Gasteiger charge is 2.25. The fourth-order valence-electron chi connectivity index (χ4n) is 1.84. The number of thiophene rings is 1. The third-order valence-electron chi connectivity index (χ3n) is 3.40. The maximum atomic E-state index is 12.1. The van der Waals surface area contributed by atoms with Gasteiger partial charge in [0.2, 0.25) is 0 Å². The highest BCUT2D eigenvalue weighted by atomic mass is 32.1. The van der Waals surface area contributed by atoms with E-state index in [1.807, 2.05) is 25.4 Å². The van der Waals surface area contributed by atoms with Crippen LogP contribution in [0.5, 0.6) is 0 Å². The Kier molecular flexibility index (Phi) is 3.40. The van der Waals surface area contributed by atoms with Crippen molar-refractivity contribution in [2.24, 2.45) is 12.0 Å². The molecule has 1 aliphatic carbocycles. The molecule has 0 radical (unpaired) electrons. The molecule has 2 aromatic heterocycles. The summed E-state index contributed by atoms with van der Waals surface area (Å²) in [5.74, 6) is -0.0243. The van der Waals surface area contributed by atoms with Crippen LogP contribution in [0.3, 0.4) is 0 Å². The summed E-state index contributed by atoms with van der Waals surface area (Å²) in [7, 11) is 1.90. The van der Waals surface area contributed by atoms with Crippen LogP contribution in [0.2, 0.25) is 0 Å². The molecule has 3 rings (SSSR count). The number of aromatic nitrogens is 2. The SMILES string of the molecule is Cc1c(C=Nc2sccc2C(=O)NC2CC2)cnn1C. The Morgan fingerprint density at radius 2 is 2.40 bits per heavy atom. The fraction of sp³-hybridized carbons (Fsp3) is 0.357. The average molecular weight is 288 g/mol. The van der Waals surface area contributed by atoms with Gasteiger partial charge in [-0.1, -0.05) is 0 Å². The van der Waals surface area contributed by atoms with Gasteiger partial charge in [-0.3, -0.25) is 9.48 Å². The molecule has 1 aliphatic rings. The second-order valence-electron chi connectivity index (χ2n) is 4.95. The third-order valence-corrected chi connectivity index (χ3v) is 4.22. The highest BCUT2D eigenvalue weighted by Crippen LogP contribution is 2.28. The maximum Gasteiger partial charge on any atom is 0.254 e. The van der Waals surface area contributed by atoms with E-state index >= 15 is 0 Å². The van der Waals surface area contributed by atoms with Crippen molar-refractivity contribution in [3.8, 4) is 0 Å². The van der Waals surface area contributed by atoms with E-state index in [-0.39, 0.29) is 5.91 Å². The first-order chi connectivity index (χ1) is 9.65. The lowest BCUT2D eigenvalue weighted by Crippen LogP contribution is -2.24. The molecule has 1 saturated carbocycles. The molecule has 1 amide bonds. The summed E-state index contributed by atoms with van der Waals surface area (Å²) < 4.78 is 1.80. The summed E-state index contributed by atoms with van der Waals surface area (Å²) in [4.78, 5) is 16.5. The van der Waals surface area contributed by atoms with Gasteiger partial charge in [0.15, 0.2) is 0 Å². The maximum absolute atomic E-state index is 12.1. The quantitative estimate of drug-likeness (QED) is 0.878. The molecular weight excluding hydrogens is 272 g/mol. The molecule has 6 heteroatoms. The van der Waals surface area contributed by atoms with Crippen LogP contribution in [-0.4, -0.2) is 27.9 Å². The number of hydrogen-bond acceptors (Lipinski definition) is 4. The van der Waals surface area contributed by atoms with Gasteiger partial charge in [0.25, 0.3) is 5.91 Å². The van der Waals surface area contributed by atoms with E-state index in [1.54, 1.807) is 17.1 Å². The normalized spacial score (nSPS) is 14.9. The Labute approximate surface area is 121 Å². The molecule has 5 nitrogen and oxygen atoms in total. The Morgan fingerprint density at radius 3 is 3.05 bits per heavy atom. The van der Waals surface area contributed by atoms with E-state index in [1.165, 1.54) is 11.3 Å². The van der Waals surface area contributed by atoms with Gasteiger partial charge in [0.1, 0.15) is 5.00 Å². The van der Waals surface area contributed by atoms with E-state index in [2.05, 4.69) is 15.4 Å². The summed E-state index contributed by atoms with van der Waals surface area (Å²) in [6.45, 7) is 1.99. The molecule has 1 fully saturated rings. The Hall–Kier alpha value is -1.95. The van der Waals surface area contributed by atoms with E-state index in [9.17, 15) is 4.79 Å². The smallest absolute Gasteiger partial charge is 0.254 e. The standard InChI is InChI=1S/C14H16N4OS/c1-9-10(8-16-18(9)2)7-15-14-12(5-6-20-14)13(19)17-11-3-4-11/h5-8,11H,3-4H2,1-2H3,(H,17,19). The van der Waals surface area contributed by atoms with Gasteiger partial charge in [-0.05, 0) is 31.2 Å². The van der Waals surface area contributed by atoms with Gasteiger partial charge in [0, 0.05) is 30.6 Å². The van der Waals surface area contributed by atoms with Crippen molar-refractivity contribution in [3.05, 3.63) is 34.5 Å². The molecule has 0 spiro atoms. The van der Waals surface area contributed by atoms with Gasteiger partial charge in [-0.2, -0.15) is 5.10 Å². The molecule has 1 N–H and O–H groups in total. The topological polar surface area (TPSA) is 59.3 Å². The van der Waals surface area contributed by atoms with Crippen molar-refractivity contribution >= 4 is 28.5 Å². The summed E-state index contributed by atoms with van der Waals surface area (Å²) in [6.07, 6.45) is 5.71. The van der Waals surface area contributed by atoms with E-state index in [4.69, 9.17) is 0 Å². The molecule has 104 valence electrons. The third kappa shape index (κ3) is 2.65. The first kappa shape index (κ1) is 13.1. The number of nitrogens with zero attached hydrogens (tertiary/aromatic N) is 3. The van der Waals surface area contributed by atoms with E-state index in [0.29, 0.717) is 11.6 Å². The number of nitrogens with one attached hydrogen (secondary N) is 1. The lowest BCUT2D eigenvalue weighted by Gasteiger charge is -2.01. The molecule has 2 heterocycles. The number of rotatable bonds is 4. The molecule has 0 saturated heterocycles. The monoisotopic (exact) mass is 288 g/mol. The van der Waals surface area contributed by atoms with E-state index in [0.717, 1.165) is 29.1 Å². The second-order valence-corrected chi connectivity index (χ2v) is 5.85. The number of carbonyl (C=O) groups excluding carboxylic acids is 1. The van der Waals surface area contributed by atoms with Crippen molar-refractivity contribution < 1.29 is 4.79 Å². The second kappa shape index (κ2) is 5.20. The summed E-state index contributed by atoms with van der Waals surface area (Å²) in [5.41, 5.74) is 2.67. The Balaban J connectivity index is 1.79. The highest BCUT2D eigenvalue weighted by molar-refractivity contribution is 7.14. The molecule has 0 aliphatic heterocycles. The van der Waals surface area contributed by atoms with Gasteiger partial charge in [-0.25, -0.2) is 4.99 Å². The van der Waals surface area contributed by atoms with Crippen LogP contribution >= 0.6 is 11.3 Å². The van der Waals surface area contributed by atoms with Gasteiger partial charge < -0.3 is 5.32 Å². The zero-order valence-corrected chi connectivity index (χ0v) is 12.3. The minimum Gasteiger partial charge on any atom is -0.349 e. The Bertz CT molecular complexity index is 667. The minimum absolute atomic E-state index is 0.0243. The van der Waals surface area contributed by atoms with Crippen LogP contribution in [0.4, 0.5) is 5.00 Å². The van der Waals surface area contributed by atoms with Gasteiger partial charge in [0.05, 0.1) is 11.8 Å². The van der Waals surface area contributed by atoms with Gasteiger partial charge >= 0.3 is 0 Å². The van der Waals surface area contributed by atoms with Gasteiger partial charge in [-0.15, -0.1) is 11.3 Å². The number of carbonyl (C=O) groups is 1. The Morgan fingerprint density at radius 1 is 1.60 bits per heavy atom. The van der Waals surface area contributed by atoms with Crippen molar-refractivity contribution in [3.63, 3.8) is 0 Å². The molecule has 0 aromatic carbocycles. The van der Waals surface area contributed by atoms with Crippen LogP contribution in [0.1, 0.15) is 34.5 Å². The largest absolute Gasteiger partial charge is 0.349 e. The number of aryl methyl sites for hydroxylation is 1. The lowest BCUT2D eigenvalue weighted by atomic mass is 10.3. The molecule has 0 bridgehead atoms. The van der Waals surface area contributed by atoms with Crippen molar-refractivity contribution in [1.82, 2.24) is 15.1 Å².